The molecule has 5 nitrogen and oxygen atoms in total. The molecule has 1 aliphatic rings. The molecule has 4 aromatic carbocycles. The molecule has 0 saturated heterocycles. The quantitative estimate of drug-likeness (QED) is 0.105. The topological polar surface area (TPSA) is 57.1 Å². The first-order valence-corrected chi connectivity index (χ1v) is 13.9. The summed E-state index contributed by atoms with van der Waals surface area (Å²) in [5, 5.41) is 1.65. The number of hydrogen-bond acceptors (Lipinski definition) is 5. The van der Waals surface area contributed by atoms with Crippen LogP contribution in [0, 0.1) is 3.57 Å². The van der Waals surface area contributed by atoms with Crippen LogP contribution in [0.15, 0.2) is 95.6 Å². The average Bonchev–Trinajstić information content (AvgIpc) is 3.29. The molecule has 4 aromatic rings. The number of esters is 1. The molecule has 9 heteroatoms. The van der Waals surface area contributed by atoms with Gasteiger partial charge in [0.2, 0.25) is 5.90 Å². The maximum atomic E-state index is 12.7. The van der Waals surface area contributed by atoms with Crippen molar-refractivity contribution in [2.45, 2.75) is 13.2 Å². The van der Waals surface area contributed by atoms with Gasteiger partial charge in [-0.15, -0.1) is 0 Å². The molecule has 39 heavy (non-hydrogen) atoms. The molecule has 0 fully saturated rings. The van der Waals surface area contributed by atoms with Gasteiger partial charge in [-0.1, -0.05) is 71.2 Å². The maximum absolute atomic E-state index is 12.7. The van der Waals surface area contributed by atoms with E-state index < -0.39 is 5.97 Å². The van der Waals surface area contributed by atoms with Gasteiger partial charge in [-0.05, 0) is 71.1 Å². The van der Waals surface area contributed by atoms with E-state index in [-0.39, 0.29) is 24.8 Å². The van der Waals surface area contributed by atoms with E-state index in [0.29, 0.717) is 37.7 Å². The Balaban J connectivity index is 1.46. The first-order valence-electron chi connectivity index (χ1n) is 11.7. The van der Waals surface area contributed by atoms with Crippen LogP contribution in [0.3, 0.4) is 0 Å². The summed E-state index contributed by atoms with van der Waals surface area (Å²) in [5.41, 5.74) is 2.94. The molecule has 0 aliphatic carbocycles. The lowest BCUT2D eigenvalue weighted by molar-refractivity contribution is -0.129. The fourth-order valence-electron chi connectivity index (χ4n) is 3.73. The average molecular weight is 691 g/mol. The molecule has 1 aliphatic heterocycles. The van der Waals surface area contributed by atoms with E-state index in [4.69, 9.17) is 49.0 Å². The van der Waals surface area contributed by atoms with Crippen LogP contribution < -0.4 is 9.47 Å². The minimum atomic E-state index is -0.587. The van der Waals surface area contributed by atoms with Gasteiger partial charge >= 0.3 is 5.97 Å². The summed E-state index contributed by atoms with van der Waals surface area (Å²) in [6.45, 7) is 0.488. The Hall–Kier alpha value is -3.04. The summed E-state index contributed by atoms with van der Waals surface area (Å²) in [6, 6.07) is 25.6. The van der Waals surface area contributed by atoms with E-state index in [0.717, 1.165) is 14.7 Å². The zero-order chi connectivity index (χ0) is 27.4. The number of rotatable bonds is 8. The first kappa shape index (κ1) is 27.5. The first-order chi connectivity index (χ1) is 18.9. The second-order valence-corrected chi connectivity index (χ2v) is 10.9. The molecule has 5 rings (SSSR count). The number of ether oxygens (including phenoxy) is 3. The van der Waals surface area contributed by atoms with Crippen molar-refractivity contribution in [3.8, 4) is 11.5 Å². The summed E-state index contributed by atoms with van der Waals surface area (Å²) in [4.78, 5) is 17.1. The highest BCUT2D eigenvalue weighted by Gasteiger charge is 2.26. The second-order valence-electron chi connectivity index (χ2n) is 8.42. The van der Waals surface area contributed by atoms with Crippen LogP contribution in [0.5, 0.6) is 11.5 Å². The molecule has 196 valence electrons. The molecule has 0 radical (unpaired) electrons. The van der Waals surface area contributed by atoms with E-state index in [1.165, 1.54) is 0 Å². The molecule has 1 heterocycles. The lowest BCUT2D eigenvalue weighted by Crippen LogP contribution is -2.06. The molecule has 0 spiro atoms. The summed E-state index contributed by atoms with van der Waals surface area (Å²) < 4.78 is 18.5. The highest BCUT2D eigenvalue weighted by Crippen LogP contribution is 2.32. The predicted octanol–water partition coefficient (Wildman–Crippen LogP) is 8.75. The Bertz CT molecular complexity index is 1620. The summed E-state index contributed by atoms with van der Waals surface area (Å²) in [6.07, 6.45) is 1.61. The third kappa shape index (κ3) is 6.76. The van der Waals surface area contributed by atoms with Gasteiger partial charge in [-0.3, -0.25) is 0 Å². The number of cyclic esters (lactones) is 1. The van der Waals surface area contributed by atoms with Crippen LogP contribution in [-0.2, 0) is 22.7 Å². The summed E-state index contributed by atoms with van der Waals surface area (Å²) >= 11 is 21.1. The van der Waals surface area contributed by atoms with Gasteiger partial charge in [0.05, 0.1) is 10.6 Å². The van der Waals surface area contributed by atoms with Gasteiger partial charge < -0.3 is 14.2 Å². The zero-order valence-corrected chi connectivity index (χ0v) is 24.6. The minimum Gasteiger partial charge on any atom is -0.489 e. The van der Waals surface area contributed by atoms with Crippen molar-refractivity contribution in [1.29, 1.82) is 0 Å². The van der Waals surface area contributed by atoms with E-state index >= 15 is 0 Å². The van der Waals surface area contributed by atoms with E-state index in [2.05, 4.69) is 27.6 Å². The Morgan fingerprint density at radius 1 is 0.795 bits per heavy atom. The lowest BCUT2D eigenvalue weighted by Gasteiger charge is -2.14. The minimum absolute atomic E-state index is 0.118. The number of carbonyl (C=O) groups is 1. The number of halogens is 4. The SMILES string of the molecule is O=C1OC(c2cc(I)ccc2Cl)=NC1=Cc1ccc(OCc2ccccc2Cl)cc1OCc1ccccc1Cl. The smallest absolute Gasteiger partial charge is 0.363 e. The summed E-state index contributed by atoms with van der Waals surface area (Å²) in [5.74, 6) is 0.599. The van der Waals surface area contributed by atoms with E-state index in [9.17, 15) is 4.79 Å². The number of hydrogen-bond donors (Lipinski definition) is 0. The monoisotopic (exact) mass is 689 g/mol. The van der Waals surface area contributed by atoms with Crippen molar-refractivity contribution < 1.29 is 19.0 Å². The fraction of sp³-hybridized carbons (Fsp3) is 0.0667. The molecule has 0 amide bonds. The maximum Gasteiger partial charge on any atom is 0.363 e. The highest BCUT2D eigenvalue weighted by molar-refractivity contribution is 14.1. The number of aliphatic imine (C=N–C) groups is 1. The van der Waals surface area contributed by atoms with Crippen LogP contribution in [0.2, 0.25) is 15.1 Å². The second kappa shape index (κ2) is 12.4. The van der Waals surface area contributed by atoms with Crippen LogP contribution >= 0.6 is 57.4 Å². The Morgan fingerprint density at radius 2 is 1.46 bits per heavy atom. The number of carbonyl (C=O) groups excluding carboxylic acids is 1. The molecule has 0 aromatic heterocycles. The normalized spacial score (nSPS) is 13.8. The van der Waals surface area contributed by atoms with Gasteiger partial charge in [0.25, 0.3) is 0 Å². The fourth-order valence-corrected chi connectivity index (χ4v) is 4.80. The van der Waals surface area contributed by atoms with Crippen molar-refractivity contribution in [1.82, 2.24) is 0 Å². The number of benzene rings is 4. The molecule has 0 saturated carbocycles. The predicted molar refractivity (Wildman–Crippen MR) is 163 cm³/mol. The molecule has 0 N–H and O–H groups in total. The number of nitrogens with zero attached hydrogens (tertiary/aromatic N) is 1. The molecule has 0 unspecified atom stereocenters. The summed E-state index contributed by atoms with van der Waals surface area (Å²) in [7, 11) is 0. The van der Waals surface area contributed by atoms with Crippen molar-refractivity contribution in [2.75, 3.05) is 0 Å². The van der Waals surface area contributed by atoms with Gasteiger partial charge in [0, 0.05) is 36.4 Å². The van der Waals surface area contributed by atoms with Gasteiger partial charge in [0.1, 0.15) is 24.7 Å². The van der Waals surface area contributed by atoms with Crippen molar-refractivity contribution in [3.63, 3.8) is 0 Å². The van der Waals surface area contributed by atoms with Crippen molar-refractivity contribution in [2.24, 2.45) is 4.99 Å². The molecular weight excluding hydrogens is 672 g/mol. The molecule has 0 bridgehead atoms. The van der Waals surface area contributed by atoms with Gasteiger partial charge in [0.15, 0.2) is 5.70 Å². The van der Waals surface area contributed by atoms with Crippen molar-refractivity contribution >= 4 is 75.3 Å². The van der Waals surface area contributed by atoms with Crippen molar-refractivity contribution in [3.05, 3.63) is 132 Å². The standard InChI is InChI=1S/C30H19Cl3INO4/c31-24-7-3-1-5-19(24)16-37-22-11-9-18(28(15-22)38-17-20-6-2-4-8-25(20)32)13-27-30(36)39-29(35-27)23-14-21(34)10-12-26(23)33/h1-15H,16-17H2. The molecular formula is C30H19Cl3INO4. The lowest BCUT2D eigenvalue weighted by atomic mass is 10.1. The van der Waals surface area contributed by atoms with Gasteiger partial charge in [-0.25, -0.2) is 9.79 Å². The van der Waals surface area contributed by atoms with Gasteiger partial charge in [-0.2, -0.15) is 0 Å². The Labute approximate surface area is 254 Å². The Morgan fingerprint density at radius 3 is 2.15 bits per heavy atom. The largest absolute Gasteiger partial charge is 0.489 e. The van der Waals surface area contributed by atoms with E-state index in [1.54, 1.807) is 42.5 Å². The zero-order valence-electron chi connectivity index (χ0n) is 20.2. The molecule has 0 atom stereocenters. The van der Waals surface area contributed by atoms with Crippen LogP contribution in [0.25, 0.3) is 6.08 Å². The van der Waals surface area contributed by atoms with Crippen LogP contribution in [0.4, 0.5) is 0 Å². The Kier molecular flexibility index (Phi) is 8.77. The highest BCUT2D eigenvalue weighted by atomic mass is 127. The van der Waals surface area contributed by atoms with E-state index in [1.807, 2.05) is 48.5 Å². The third-order valence-corrected chi connectivity index (χ3v) is 7.49. The third-order valence-electron chi connectivity index (χ3n) is 5.75. The van der Waals surface area contributed by atoms with Crippen LogP contribution in [-0.4, -0.2) is 11.9 Å². The van der Waals surface area contributed by atoms with Crippen LogP contribution in [0.1, 0.15) is 22.3 Å².